The number of aryl methyl sites for hydroxylation is 2. The molecule has 1 aliphatic heterocycles. The summed E-state index contributed by atoms with van der Waals surface area (Å²) in [6.45, 7) is 8.78. The molecule has 1 N–H and O–H groups in total. The van der Waals surface area contributed by atoms with Crippen LogP contribution in [0.25, 0.3) is 0 Å². The molecule has 0 aromatic heterocycles. The van der Waals surface area contributed by atoms with Crippen LogP contribution in [0.5, 0.6) is 0 Å². The normalized spacial score (nSPS) is 16.7. The number of hydrogen-bond donors (Lipinski definition) is 1. The van der Waals surface area contributed by atoms with Crippen molar-refractivity contribution in [1.29, 1.82) is 0 Å². The van der Waals surface area contributed by atoms with E-state index >= 15 is 0 Å². The Hall–Kier alpha value is -1.35. The van der Waals surface area contributed by atoms with Crippen LogP contribution in [0.15, 0.2) is 18.2 Å². The van der Waals surface area contributed by atoms with E-state index in [0.717, 1.165) is 32.5 Å². The molecule has 1 heterocycles. The van der Waals surface area contributed by atoms with Gasteiger partial charge in [-0.1, -0.05) is 29.3 Å². The lowest BCUT2D eigenvalue weighted by atomic mass is 10.1. The summed E-state index contributed by atoms with van der Waals surface area (Å²) < 4.78 is 0. The highest BCUT2D eigenvalue weighted by Gasteiger charge is 2.22. The summed E-state index contributed by atoms with van der Waals surface area (Å²) in [5.41, 5.74) is 3.80. The average molecular weight is 260 g/mol. The zero-order valence-corrected chi connectivity index (χ0v) is 12.2. The van der Waals surface area contributed by atoms with Crippen molar-refractivity contribution in [2.24, 2.45) is 0 Å². The van der Waals surface area contributed by atoms with Crippen molar-refractivity contribution < 1.29 is 4.79 Å². The van der Waals surface area contributed by atoms with Crippen LogP contribution in [-0.2, 0) is 11.3 Å². The van der Waals surface area contributed by atoms with Crippen molar-refractivity contribution in [3.8, 4) is 0 Å². The minimum absolute atomic E-state index is 0.0982. The highest BCUT2D eigenvalue weighted by molar-refractivity contribution is 5.81. The van der Waals surface area contributed by atoms with E-state index in [0.29, 0.717) is 0 Å². The van der Waals surface area contributed by atoms with Crippen LogP contribution in [0.4, 0.5) is 0 Å². The van der Waals surface area contributed by atoms with Crippen LogP contribution in [0.3, 0.4) is 0 Å². The number of nitrogens with zero attached hydrogens (tertiary/aromatic N) is 1. The molecule has 0 bridgehead atoms. The van der Waals surface area contributed by atoms with Crippen molar-refractivity contribution in [1.82, 2.24) is 10.2 Å². The number of rotatable bonds is 4. The van der Waals surface area contributed by atoms with Crippen LogP contribution in [0.2, 0.25) is 0 Å². The minimum atomic E-state index is -0.0982. The van der Waals surface area contributed by atoms with Gasteiger partial charge in [0.05, 0.1) is 6.04 Å². The third-order valence-corrected chi connectivity index (χ3v) is 3.68. The second-order valence-electron chi connectivity index (χ2n) is 5.63. The van der Waals surface area contributed by atoms with Gasteiger partial charge in [-0.15, -0.1) is 0 Å². The van der Waals surface area contributed by atoms with Crippen LogP contribution in [0, 0.1) is 13.8 Å². The van der Waals surface area contributed by atoms with E-state index in [1.54, 1.807) is 0 Å². The first-order valence-electron chi connectivity index (χ1n) is 7.15. The first kappa shape index (κ1) is 14.1. The largest absolute Gasteiger partial charge is 0.341 e. The average Bonchev–Trinajstić information content (AvgIpc) is 2.87. The van der Waals surface area contributed by atoms with E-state index in [9.17, 15) is 4.79 Å². The summed E-state index contributed by atoms with van der Waals surface area (Å²) in [6, 6.07) is 6.42. The first-order chi connectivity index (χ1) is 9.06. The van der Waals surface area contributed by atoms with Gasteiger partial charge in [0.1, 0.15) is 0 Å². The first-order valence-corrected chi connectivity index (χ1v) is 7.15. The number of amides is 1. The van der Waals surface area contributed by atoms with Crippen LogP contribution in [0.1, 0.15) is 36.5 Å². The lowest BCUT2D eigenvalue weighted by molar-refractivity contribution is -0.131. The van der Waals surface area contributed by atoms with Gasteiger partial charge in [-0.2, -0.15) is 0 Å². The topological polar surface area (TPSA) is 32.3 Å². The summed E-state index contributed by atoms with van der Waals surface area (Å²) in [6.07, 6.45) is 2.30. The van der Waals surface area contributed by atoms with Crippen molar-refractivity contribution in [3.05, 3.63) is 34.9 Å². The van der Waals surface area contributed by atoms with Gasteiger partial charge >= 0.3 is 0 Å². The van der Waals surface area contributed by atoms with Gasteiger partial charge in [0.25, 0.3) is 0 Å². The molecule has 1 fully saturated rings. The highest BCUT2D eigenvalue weighted by atomic mass is 16.2. The fourth-order valence-corrected chi connectivity index (χ4v) is 2.74. The van der Waals surface area contributed by atoms with Crippen LogP contribution in [-0.4, -0.2) is 29.9 Å². The SMILES string of the molecule is Cc1cc(C)cc(CNC(C)C(=O)N2CCCC2)c1. The Balaban J connectivity index is 1.88. The van der Waals surface area contributed by atoms with Gasteiger partial charge in [-0.05, 0) is 39.2 Å². The smallest absolute Gasteiger partial charge is 0.239 e. The second-order valence-corrected chi connectivity index (χ2v) is 5.63. The molecule has 19 heavy (non-hydrogen) atoms. The van der Waals surface area contributed by atoms with Crippen LogP contribution >= 0.6 is 0 Å². The maximum absolute atomic E-state index is 12.2. The Morgan fingerprint density at radius 2 is 1.79 bits per heavy atom. The molecular formula is C16H24N2O. The van der Waals surface area contributed by atoms with Crippen molar-refractivity contribution >= 4 is 5.91 Å². The molecule has 104 valence electrons. The molecule has 1 unspecified atom stereocenters. The summed E-state index contributed by atoms with van der Waals surface area (Å²) in [7, 11) is 0. The zero-order valence-electron chi connectivity index (χ0n) is 12.2. The van der Waals surface area contributed by atoms with Gasteiger partial charge < -0.3 is 10.2 Å². The van der Waals surface area contributed by atoms with Gasteiger partial charge in [-0.3, -0.25) is 4.79 Å². The van der Waals surface area contributed by atoms with E-state index < -0.39 is 0 Å². The minimum Gasteiger partial charge on any atom is -0.341 e. The molecule has 3 nitrogen and oxygen atoms in total. The predicted octanol–water partition coefficient (Wildman–Crippen LogP) is 2.40. The van der Waals surface area contributed by atoms with Gasteiger partial charge in [-0.25, -0.2) is 0 Å². The number of likely N-dealkylation sites (tertiary alicyclic amines) is 1. The Morgan fingerprint density at radius 1 is 1.21 bits per heavy atom. The summed E-state index contributed by atoms with van der Waals surface area (Å²) in [4.78, 5) is 14.1. The molecule has 1 aromatic carbocycles. The maximum Gasteiger partial charge on any atom is 0.239 e. The van der Waals surface area contributed by atoms with E-state index in [1.807, 2.05) is 11.8 Å². The molecule has 3 heteroatoms. The molecule has 1 aromatic rings. The quantitative estimate of drug-likeness (QED) is 0.901. The lowest BCUT2D eigenvalue weighted by Crippen LogP contribution is -2.43. The number of benzene rings is 1. The van der Waals surface area contributed by atoms with Gasteiger partial charge in [0.15, 0.2) is 0 Å². The van der Waals surface area contributed by atoms with Crippen molar-refractivity contribution in [2.75, 3.05) is 13.1 Å². The third kappa shape index (κ3) is 3.80. The Morgan fingerprint density at radius 3 is 2.37 bits per heavy atom. The number of carbonyl (C=O) groups excluding carboxylic acids is 1. The van der Waals surface area contributed by atoms with E-state index in [4.69, 9.17) is 0 Å². The molecule has 1 saturated heterocycles. The molecule has 1 atom stereocenters. The Kier molecular flexibility index (Phi) is 4.59. The molecule has 1 aliphatic rings. The lowest BCUT2D eigenvalue weighted by Gasteiger charge is -2.21. The van der Waals surface area contributed by atoms with Crippen molar-refractivity contribution in [3.63, 3.8) is 0 Å². The maximum atomic E-state index is 12.2. The fraction of sp³-hybridized carbons (Fsp3) is 0.562. The van der Waals surface area contributed by atoms with E-state index in [2.05, 4.69) is 37.4 Å². The Labute approximate surface area is 116 Å². The number of hydrogen-bond acceptors (Lipinski definition) is 2. The highest BCUT2D eigenvalue weighted by Crippen LogP contribution is 2.11. The van der Waals surface area contributed by atoms with Crippen LogP contribution < -0.4 is 5.32 Å². The summed E-state index contributed by atoms with van der Waals surface area (Å²) in [5, 5.41) is 3.34. The Bertz CT molecular complexity index is 430. The van der Waals surface area contributed by atoms with E-state index in [1.165, 1.54) is 16.7 Å². The second kappa shape index (κ2) is 6.20. The zero-order chi connectivity index (χ0) is 13.8. The number of carbonyl (C=O) groups is 1. The van der Waals surface area contributed by atoms with Gasteiger partial charge in [0, 0.05) is 19.6 Å². The van der Waals surface area contributed by atoms with Crippen molar-refractivity contribution in [2.45, 2.75) is 46.2 Å². The van der Waals surface area contributed by atoms with Gasteiger partial charge in [0.2, 0.25) is 5.91 Å². The third-order valence-electron chi connectivity index (χ3n) is 3.68. The fourth-order valence-electron chi connectivity index (χ4n) is 2.74. The summed E-state index contributed by atoms with van der Waals surface area (Å²) in [5.74, 6) is 0.238. The molecule has 1 amide bonds. The molecule has 0 saturated carbocycles. The molecule has 0 spiro atoms. The molecule has 2 rings (SSSR count). The summed E-state index contributed by atoms with van der Waals surface area (Å²) >= 11 is 0. The predicted molar refractivity (Wildman–Crippen MR) is 78.0 cm³/mol. The monoisotopic (exact) mass is 260 g/mol. The molecule has 0 radical (unpaired) electrons. The standard InChI is InChI=1S/C16H24N2O/c1-12-8-13(2)10-15(9-12)11-17-14(3)16(19)18-6-4-5-7-18/h8-10,14,17H,4-7,11H2,1-3H3. The number of nitrogens with one attached hydrogen (secondary N) is 1. The molecule has 0 aliphatic carbocycles. The van der Waals surface area contributed by atoms with E-state index in [-0.39, 0.29) is 11.9 Å². The molecular weight excluding hydrogens is 236 g/mol.